The summed E-state index contributed by atoms with van der Waals surface area (Å²) in [6, 6.07) is 10.6. The van der Waals surface area contributed by atoms with E-state index in [0.29, 0.717) is 5.92 Å². The molecule has 5 heteroatoms. The van der Waals surface area contributed by atoms with Crippen LogP contribution in [-0.4, -0.2) is 25.6 Å². The van der Waals surface area contributed by atoms with Gasteiger partial charge in [-0.2, -0.15) is 0 Å². The van der Waals surface area contributed by atoms with Crippen molar-refractivity contribution in [2.45, 2.75) is 20.3 Å². The number of carboxylic acids is 1. The Morgan fingerprint density at radius 2 is 2.09 bits per heavy atom. The number of benzene rings is 1. The monoisotopic (exact) mass is 295 g/mol. The van der Waals surface area contributed by atoms with Crippen molar-refractivity contribution in [3.8, 4) is 5.69 Å². The lowest BCUT2D eigenvalue weighted by Gasteiger charge is -2.11. The van der Waals surface area contributed by atoms with Gasteiger partial charge < -0.3 is 5.11 Å². The number of nitrogens with zero attached hydrogens (tertiary/aromatic N) is 3. The van der Waals surface area contributed by atoms with Gasteiger partial charge >= 0.3 is 5.97 Å². The first-order valence-electron chi connectivity index (χ1n) is 7.22. The Kier molecular flexibility index (Phi) is 3.63. The Hall–Kier alpha value is -2.69. The molecule has 1 aromatic carbocycles. The third-order valence-electron chi connectivity index (χ3n) is 3.43. The van der Waals surface area contributed by atoms with Crippen molar-refractivity contribution < 1.29 is 9.90 Å². The van der Waals surface area contributed by atoms with Crippen molar-refractivity contribution in [1.82, 2.24) is 14.5 Å². The fraction of sp³-hybridized carbons (Fsp3) is 0.235. The van der Waals surface area contributed by atoms with E-state index in [1.807, 2.05) is 22.8 Å². The summed E-state index contributed by atoms with van der Waals surface area (Å²) in [5.74, 6) is 0.397. The second-order valence-corrected chi connectivity index (χ2v) is 5.66. The molecular formula is C17H17N3O2. The average molecular weight is 295 g/mol. The van der Waals surface area contributed by atoms with Gasteiger partial charge in [0, 0.05) is 18.3 Å². The zero-order valence-electron chi connectivity index (χ0n) is 12.5. The molecule has 2 heterocycles. The van der Waals surface area contributed by atoms with Crippen LogP contribution in [0.1, 0.15) is 30.0 Å². The highest BCUT2D eigenvalue weighted by Crippen LogP contribution is 2.22. The maximum absolute atomic E-state index is 11.2. The highest BCUT2D eigenvalue weighted by atomic mass is 16.4. The molecular weight excluding hydrogens is 278 g/mol. The fourth-order valence-corrected chi connectivity index (χ4v) is 2.51. The van der Waals surface area contributed by atoms with E-state index in [1.165, 1.54) is 0 Å². The number of aromatic nitrogens is 3. The van der Waals surface area contributed by atoms with Gasteiger partial charge in [-0.3, -0.25) is 4.57 Å². The number of rotatable bonds is 4. The zero-order chi connectivity index (χ0) is 15.7. The quantitative estimate of drug-likeness (QED) is 0.801. The van der Waals surface area contributed by atoms with E-state index >= 15 is 0 Å². The number of fused-ring (bicyclic) bond motifs is 1. The molecule has 0 aliphatic carbocycles. The molecule has 22 heavy (non-hydrogen) atoms. The van der Waals surface area contributed by atoms with Gasteiger partial charge in [-0.25, -0.2) is 14.8 Å². The van der Waals surface area contributed by atoms with Crippen LogP contribution in [0.3, 0.4) is 0 Å². The highest BCUT2D eigenvalue weighted by Gasteiger charge is 2.15. The number of pyridine rings is 1. The van der Waals surface area contributed by atoms with E-state index in [4.69, 9.17) is 0 Å². The topological polar surface area (TPSA) is 68.0 Å². The van der Waals surface area contributed by atoms with Crippen LogP contribution in [0, 0.1) is 5.92 Å². The Bertz CT molecular complexity index is 837. The lowest BCUT2D eigenvalue weighted by molar-refractivity contribution is 0.0697. The van der Waals surface area contributed by atoms with Gasteiger partial charge in [-0.05, 0) is 36.2 Å². The summed E-state index contributed by atoms with van der Waals surface area (Å²) < 4.78 is 1.95. The average Bonchev–Trinajstić information content (AvgIpc) is 2.84. The molecule has 0 bridgehead atoms. The Morgan fingerprint density at radius 3 is 2.82 bits per heavy atom. The maximum atomic E-state index is 11.2. The maximum Gasteiger partial charge on any atom is 0.335 e. The van der Waals surface area contributed by atoms with Gasteiger partial charge in [-0.1, -0.05) is 19.9 Å². The minimum atomic E-state index is -0.940. The van der Waals surface area contributed by atoms with Crippen LogP contribution in [0.4, 0.5) is 0 Å². The molecule has 2 aromatic heterocycles. The third-order valence-corrected chi connectivity index (χ3v) is 3.43. The predicted molar refractivity (Wildman–Crippen MR) is 84.4 cm³/mol. The number of hydrogen-bond acceptors (Lipinski definition) is 3. The third kappa shape index (κ3) is 2.57. The highest BCUT2D eigenvalue weighted by molar-refractivity contribution is 5.88. The molecule has 3 rings (SSSR count). The summed E-state index contributed by atoms with van der Waals surface area (Å²) >= 11 is 0. The Labute approximate surface area is 128 Å². The molecule has 0 atom stereocenters. The van der Waals surface area contributed by atoms with Crippen molar-refractivity contribution in [3.05, 3.63) is 54.0 Å². The van der Waals surface area contributed by atoms with Crippen molar-refractivity contribution in [3.63, 3.8) is 0 Å². The molecule has 0 amide bonds. The predicted octanol–water partition coefficient (Wildman–Crippen LogP) is 3.32. The van der Waals surface area contributed by atoms with Gasteiger partial charge in [0.15, 0.2) is 5.65 Å². The summed E-state index contributed by atoms with van der Waals surface area (Å²) in [6.45, 7) is 4.26. The molecule has 5 nitrogen and oxygen atoms in total. The molecule has 0 saturated heterocycles. The molecule has 0 fully saturated rings. The summed E-state index contributed by atoms with van der Waals surface area (Å²) in [6.07, 6.45) is 2.52. The van der Waals surface area contributed by atoms with Gasteiger partial charge in [0.05, 0.1) is 5.56 Å². The Morgan fingerprint density at radius 1 is 1.27 bits per heavy atom. The number of aromatic carboxylic acids is 1. The van der Waals surface area contributed by atoms with Crippen LogP contribution >= 0.6 is 0 Å². The summed E-state index contributed by atoms with van der Waals surface area (Å²) in [5, 5.41) is 9.19. The number of carboxylic acid groups (broad SMARTS) is 1. The summed E-state index contributed by atoms with van der Waals surface area (Å²) in [5.41, 5.74) is 2.60. The molecule has 0 radical (unpaired) electrons. The van der Waals surface area contributed by atoms with Crippen LogP contribution in [0.2, 0.25) is 0 Å². The normalized spacial score (nSPS) is 11.2. The molecule has 0 saturated carbocycles. The van der Waals surface area contributed by atoms with Crippen LogP contribution in [-0.2, 0) is 6.42 Å². The minimum absolute atomic E-state index is 0.255. The van der Waals surface area contributed by atoms with Gasteiger partial charge in [0.1, 0.15) is 11.3 Å². The first-order chi connectivity index (χ1) is 10.6. The van der Waals surface area contributed by atoms with Crippen molar-refractivity contribution in [2.24, 2.45) is 5.92 Å². The summed E-state index contributed by atoms with van der Waals surface area (Å²) in [7, 11) is 0. The van der Waals surface area contributed by atoms with E-state index in [1.54, 1.807) is 24.4 Å². The molecule has 1 N–H and O–H groups in total. The van der Waals surface area contributed by atoms with E-state index in [2.05, 4.69) is 23.8 Å². The SMILES string of the molecule is CC(C)Cc1nc2cccnc2n1-c1cccc(C(=O)O)c1. The summed E-state index contributed by atoms with van der Waals surface area (Å²) in [4.78, 5) is 20.3. The number of carbonyl (C=O) groups is 1. The van der Waals surface area contributed by atoms with Gasteiger partial charge in [0.25, 0.3) is 0 Å². The molecule has 0 unspecified atom stereocenters. The molecule has 0 aliphatic heterocycles. The lowest BCUT2D eigenvalue weighted by Crippen LogP contribution is -2.07. The smallest absolute Gasteiger partial charge is 0.335 e. The first kappa shape index (κ1) is 14.3. The van der Waals surface area contributed by atoms with Crippen LogP contribution < -0.4 is 0 Å². The van der Waals surface area contributed by atoms with Crippen LogP contribution in [0.15, 0.2) is 42.6 Å². The van der Waals surface area contributed by atoms with Gasteiger partial charge in [-0.15, -0.1) is 0 Å². The second-order valence-electron chi connectivity index (χ2n) is 5.66. The molecule has 0 aliphatic rings. The van der Waals surface area contributed by atoms with Crippen LogP contribution in [0.5, 0.6) is 0 Å². The van der Waals surface area contributed by atoms with E-state index in [0.717, 1.165) is 29.1 Å². The Balaban J connectivity index is 2.23. The zero-order valence-corrected chi connectivity index (χ0v) is 12.5. The number of hydrogen-bond donors (Lipinski definition) is 1. The first-order valence-corrected chi connectivity index (χ1v) is 7.22. The lowest BCUT2D eigenvalue weighted by atomic mass is 10.1. The largest absolute Gasteiger partial charge is 0.478 e. The second kappa shape index (κ2) is 5.60. The van der Waals surface area contributed by atoms with E-state index in [9.17, 15) is 9.90 Å². The molecule has 3 aromatic rings. The minimum Gasteiger partial charge on any atom is -0.478 e. The van der Waals surface area contributed by atoms with Gasteiger partial charge in [0.2, 0.25) is 0 Å². The molecule has 112 valence electrons. The fourth-order valence-electron chi connectivity index (χ4n) is 2.51. The van der Waals surface area contributed by atoms with Crippen molar-refractivity contribution >= 4 is 17.1 Å². The van der Waals surface area contributed by atoms with Crippen LogP contribution in [0.25, 0.3) is 16.9 Å². The van der Waals surface area contributed by atoms with E-state index in [-0.39, 0.29) is 5.56 Å². The number of imidazole rings is 1. The molecule has 0 spiro atoms. The van der Waals surface area contributed by atoms with Crippen molar-refractivity contribution in [2.75, 3.05) is 0 Å². The van der Waals surface area contributed by atoms with Crippen molar-refractivity contribution in [1.29, 1.82) is 0 Å². The van der Waals surface area contributed by atoms with E-state index < -0.39 is 5.97 Å². The standard InChI is InChI=1S/C17H17N3O2/c1-11(2)9-15-19-14-7-4-8-18-16(14)20(15)13-6-3-5-12(10-13)17(21)22/h3-8,10-11H,9H2,1-2H3,(H,21,22).